The second kappa shape index (κ2) is 10.4. The minimum atomic E-state index is -1.13. The highest BCUT2D eigenvalue weighted by Crippen LogP contribution is 2.44. The van der Waals surface area contributed by atoms with Crippen LogP contribution in [0, 0.1) is 0 Å². The highest BCUT2D eigenvalue weighted by Gasteiger charge is 2.32. The molecule has 0 saturated heterocycles. The van der Waals surface area contributed by atoms with Gasteiger partial charge >= 0.3 is 12.1 Å². The van der Waals surface area contributed by atoms with Crippen LogP contribution in [0.25, 0.3) is 11.1 Å². The van der Waals surface area contributed by atoms with E-state index in [1.807, 2.05) is 36.4 Å². The number of nitrogens with one attached hydrogen (secondary N) is 2. The van der Waals surface area contributed by atoms with Crippen molar-refractivity contribution in [3.63, 3.8) is 0 Å². The fourth-order valence-electron chi connectivity index (χ4n) is 4.46. The quantitative estimate of drug-likeness (QED) is 0.436. The number of benzene rings is 2. The van der Waals surface area contributed by atoms with Crippen molar-refractivity contribution >= 4 is 18.0 Å². The Morgan fingerprint density at radius 1 is 1.09 bits per heavy atom. The van der Waals surface area contributed by atoms with Gasteiger partial charge < -0.3 is 25.0 Å². The van der Waals surface area contributed by atoms with Crippen LogP contribution in [0.2, 0.25) is 0 Å². The van der Waals surface area contributed by atoms with Crippen molar-refractivity contribution in [3.05, 3.63) is 77.9 Å². The molecule has 1 heterocycles. The van der Waals surface area contributed by atoms with Crippen molar-refractivity contribution in [3.8, 4) is 11.1 Å². The maximum absolute atomic E-state index is 13.2. The second-order valence-electron chi connectivity index (χ2n) is 8.76. The normalized spacial score (nSPS) is 13.1. The number of ether oxygens (including phenoxy) is 1. The van der Waals surface area contributed by atoms with E-state index < -0.39 is 30.6 Å². The molecule has 1 aliphatic carbocycles. The molecule has 3 aromatic rings. The SMILES string of the molecule is CC(C)N(CC(=O)O)C(=O)C(Cc1cnc[nH]1)NC(=O)OCC1c2ccccc2-c2ccccc21. The second-order valence-corrected chi connectivity index (χ2v) is 8.76. The maximum Gasteiger partial charge on any atom is 0.407 e. The van der Waals surface area contributed by atoms with Crippen molar-refractivity contribution in [1.29, 1.82) is 0 Å². The average molecular weight is 477 g/mol. The highest BCUT2D eigenvalue weighted by molar-refractivity contribution is 5.88. The maximum atomic E-state index is 13.2. The fourth-order valence-corrected chi connectivity index (χ4v) is 4.46. The van der Waals surface area contributed by atoms with E-state index in [0.29, 0.717) is 5.69 Å². The number of carboxylic acids is 1. The Morgan fingerprint density at radius 3 is 2.26 bits per heavy atom. The number of aromatic amines is 1. The summed E-state index contributed by atoms with van der Waals surface area (Å²) in [6.45, 7) is 3.08. The lowest BCUT2D eigenvalue weighted by Gasteiger charge is -2.29. The molecule has 4 rings (SSSR count). The molecule has 0 fully saturated rings. The first kappa shape index (κ1) is 24.0. The molecule has 0 bridgehead atoms. The van der Waals surface area contributed by atoms with Crippen LogP contribution < -0.4 is 5.32 Å². The van der Waals surface area contributed by atoms with E-state index >= 15 is 0 Å². The van der Waals surface area contributed by atoms with Crippen LogP contribution in [0.15, 0.2) is 61.1 Å². The number of carbonyl (C=O) groups excluding carboxylic acids is 2. The zero-order valence-electron chi connectivity index (χ0n) is 19.6. The Bertz CT molecular complexity index is 1160. The summed E-state index contributed by atoms with van der Waals surface area (Å²) in [5.74, 6) is -1.76. The molecule has 0 radical (unpaired) electrons. The molecular formula is C26H28N4O5. The van der Waals surface area contributed by atoms with Crippen LogP contribution in [-0.2, 0) is 20.7 Å². The number of amides is 2. The average Bonchev–Trinajstić information content (AvgIpc) is 3.46. The topological polar surface area (TPSA) is 125 Å². The third-order valence-electron chi connectivity index (χ3n) is 6.12. The molecule has 3 N–H and O–H groups in total. The van der Waals surface area contributed by atoms with Gasteiger partial charge in [0.2, 0.25) is 5.91 Å². The van der Waals surface area contributed by atoms with Gasteiger partial charge in [0.1, 0.15) is 19.2 Å². The standard InChI is InChI=1S/C26H28N4O5/c1-16(2)30(13-24(31)32)25(33)23(11-17-12-27-15-28-17)29-26(34)35-14-22-20-9-5-3-7-18(20)19-8-4-6-10-21(19)22/h3-10,12,15-16,22-23H,11,13-14H2,1-2H3,(H,27,28)(H,29,34)(H,31,32). The van der Waals surface area contributed by atoms with E-state index in [2.05, 4.69) is 27.4 Å². The Morgan fingerprint density at radius 2 is 1.71 bits per heavy atom. The third kappa shape index (κ3) is 5.34. The van der Waals surface area contributed by atoms with E-state index in [-0.39, 0.29) is 25.0 Å². The molecule has 182 valence electrons. The summed E-state index contributed by atoms with van der Waals surface area (Å²) in [6, 6.07) is 14.6. The van der Waals surface area contributed by atoms with Crippen LogP contribution in [0.1, 0.15) is 36.6 Å². The Hall–Kier alpha value is -4.14. The van der Waals surface area contributed by atoms with Crippen LogP contribution in [0.5, 0.6) is 0 Å². The van der Waals surface area contributed by atoms with E-state index in [1.54, 1.807) is 20.0 Å². The number of carbonyl (C=O) groups is 3. The summed E-state index contributed by atoms with van der Waals surface area (Å²) in [5, 5.41) is 11.9. The van der Waals surface area contributed by atoms with Gasteiger partial charge in [-0.05, 0) is 36.1 Å². The smallest absolute Gasteiger partial charge is 0.407 e. The third-order valence-corrected chi connectivity index (χ3v) is 6.12. The Balaban J connectivity index is 1.48. The van der Waals surface area contributed by atoms with Crippen LogP contribution in [0.4, 0.5) is 4.79 Å². The number of fused-ring (bicyclic) bond motifs is 3. The number of aliphatic carboxylic acids is 1. The molecule has 0 saturated carbocycles. The molecule has 9 heteroatoms. The molecule has 2 aromatic carbocycles. The molecule has 0 spiro atoms. The van der Waals surface area contributed by atoms with Crippen molar-refractivity contribution in [1.82, 2.24) is 20.2 Å². The molecular weight excluding hydrogens is 448 g/mol. The van der Waals surface area contributed by atoms with Gasteiger partial charge in [-0.2, -0.15) is 0 Å². The van der Waals surface area contributed by atoms with Gasteiger partial charge in [0.25, 0.3) is 0 Å². The predicted octanol–water partition coefficient (Wildman–Crippen LogP) is 3.18. The number of H-pyrrole nitrogens is 1. The van der Waals surface area contributed by atoms with Crippen molar-refractivity contribution in [2.45, 2.75) is 38.3 Å². The number of hydrogen-bond acceptors (Lipinski definition) is 5. The monoisotopic (exact) mass is 476 g/mol. The van der Waals surface area contributed by atoms with Gasteiger partial charge in [-0.25, -0.2) is 9.78 Å². The number of alkyl carbamates (subject to hydrolysis) is 1. The van der Waals surface area contributed by atoms with Gasteiger partial charge in [-0.15, -0.1) is 0 Å². The van der Waals surface area contributed by atoms with Crippen LogP contribution in [0.3, 0.4) is 0 Å². The number of hydrogen-bond donors (Lipinski definition) is 3. The van der Waals surface area contributed by atoms with Crippen molar-refractivity contribution in [2.75, 3.05) is 13.2 Å². The van der Waals surface area contributed by atoms with E-state index in [0.717, 1.165) is 22.3 Å². The lowest BCUT2D eigenvalue weighted by Crippen LogP contribution is -2.53. The van der Waals surface area contributed by atoms with Gasteiger partial charge in [0, 0.05) is 30.3 Å². The molecule has 9 nitrogen and oxygen atoms in total. The van der Waals surface area contributed by atoms with E-state index in [1.165, 1.54) is 11.2 Å². The summed E-state index contributed by atoms with van der Waals surface area (Å²) in [4.78, 5) is 45.5. The molecule has 1 aliphatic rings. The zero-order chi connectivity index (χ0) is 24.9. The number of rotatable bonds is 9. The summed E-state index contributed by atoms with van der Waals surface area (Å²) >= 11 is 0. The van der Waals surface area contributed by atoms with Gasteiger partial charge in [0.15, 0.2) is 0 Å². The molecule has 2 amide bonds. The number of nitrogens with zero attached hydrogens (tertiary/aromatic N) is 2. The van der Waals surface area contributed by atoms with Crippen molar-refractivity contribution < 1.29 is 24.2 Å². The van der Waals surface area contributed by atoms with Gasteiger partial charge in [0.05, 0.1) is 6.33 Å². The van der Waals surface area contributed by atoms with Gasteiger partial charge in [-0.1, -0.05) is 48.5 Å². The van der Waals surface area contributed by atoms with Crippen LogP contribution >= 0.6 is 0 Å². The fraction of sp³-hybridized carbons (Fsp3) is 0.308. The first-order chi connectivity index (χ1) is 16.8. The number of carboxylic acid groups (broad SMARTS) is 1. The minimum absolute atomic E-state index is 0.105. The Kier molecular flexibility index (Phi) is 7.14. The molecule has 35 heavy (non-hydrogen) atoms. The predicted molar refractivity (Wildman–Crippen MR) is 129 cm³/mol. The first-order valence-electron chi connectivity index (χ1n) is 11.5. The van der Waals surface area contributed by atoms with Gasteiger partial charge in [-0.3, -0.25) is 9.59 Å². The largest absolute Gasteiger partial charge is 0.480 e. The van der Waals surface area contributed by atoms with Crippen molar-refractivity contribution in [2.24, 2.45) is 0 Å². The zero-order valence-corrected chi connectivity index (χ0v) is 19.6. The summed E-state index contributed by atoms with van der Waals surface area (Å²) in [6.07, 6.45) is 2.40. The lowest BCUT2D eigenvalue weighted by atomic mass is 9.98. The van der Waals surface area contributed by atoms with Crippen LogP contribution in [-0.4, -0.2) is 63.2 Å². The van der Waals surface area contributed by atoms with E-state index in [4.69, 9.17) is 4.74 Å². The molecule has 1 unspecified atom stereocenters. The first-order valence-corrected chi connectivity index (χ1v) is 11.5. The Labute approximate surface area is 203 Å². The number of aromatic nitrogens is 2. The highest BCUT2D eigenvalue weighted by atomic mass is 16.5. The minimum Gasteiger partial charge on any atom is -0.480 e. The molecule has 0 aliphatic heterocycles. The number of imidazole rings is 1. The summed E-state index contributed by atoms with van der Waals surface area (Å²) in [7, 11) is 0. The summed E-state index contributed by atoms with van der Waals surface area (Å²) in [5.41, 5.74) is 5.02. The lowest BCUT2D eigenvalue weighted by molar-refractivity contribution is -0.146. The van der Waals surface area contributed by atoms with E-state index in [9.17, 15) is 19.5 Å². The molecule has 1 aromatic heterocycles. The molecule has 1 atom stereocenters. The summed E-state index contributed by atoms with van der Waals surface area (Å²) < 4.78 is 5.60.